The number of ether oxygens (including phenoxy) is 1. The van der Waals surface area contributed by atoms with Gasteiger partial charge in [0, 0.05) is 17.3 Å². The second-order valence-electron chi connectivity index (χ2n) is 7.20. The van der Waals surface area contributed by atoms with Crippen LogP contribution in [0.5, 0.6) is 0 Å². The van der Waals surface area contributed by atoms with E-state index in [1.54, 1.807) is 0 Å². The Hall–Kier alpha value is -2.55. The van der Waals surface area contributed by atoms with Crippen molar-refractivity contribution in [1.82, 2.24) is 4.98 Å². The third-order valence-electron chi connectivity index (χ3n) is 4.87. The van der Waals surface area contributed by atoms with Gasteiger partial charge < -0.3 is 9.72 Å². The van der Waals surface area contributed by atoms with Gasteiger partial charge in [0.25, 0.3) is 0 Å². The predicted octanol–water partition coefficient (Wildman–Crippen LogP) is 6.16. The number of nitrogens with one attached hydrogen (secondary N) is 1. The lowest BCUT2D eigenvalue weighted by atomic mass is 10.0. The molecule has 142 valence electrons. The molecule has 0 aliphatic heterocycles. The standard InChI is InChI=1S/C24H29NO2/c1-2-3-4-5-9-12-24(26)27-18-22-17-21-16-20(13-14-23(21)25-22)15-19-10-7-6-8-11-19/h6-8,10-11,13-14,16-17,25H,2-5,9,12,15,18H2,1H3. The Morgan fingerprint density at radius 3 is 2.56 bits per heavy atom. The zero-order valence-electron chi connectivity index (χ0n) is 16.2. The van der Waals surface area contributed by atoms with Crippen molar-refractivity contribution in [2.24, 2.45) is 0 Å². The highest BCUT2D eigenvalue weighted by Gasteiger charge is 2.07. The highest BCUT2D eigenvalue weighted by molar-refractivity contribution is 5.81. The highest BCUT2D eigenvalue weighted by Crippen LogP contribution is 2.20. The average Bonchev–Trinajstić information content (AvgIpc) is 3.09. The van der Waals surface area contributed by atoms with E-state index in [9.17, 15) is 4.79 Å². The molecule has 0 saturated carbocycles. The zero-order valence-corrected chi connectivity index (χ0v) is 16.2. The van der Waals surface area contributed by atoms with Crippen molar-refractivity contribution in [1.29, 1.82) is 0 Å². The van der Waals surface area contributed by atoms with Gasteiger partial charge in [0.05, 0.1) is 5.69 Å². The Bertz CT molecular complexity index is 851. The smallest absolute Gasteiger partial charge is 0.306 e. The van der Waals surface area contributed by atoms with E-state index >= 15 is 0 Å². The first-order valence-corrected chi connectivity index (χ1v) is 10.0. The first-order valence-electron chi connectivity index (χ1n) is 10.0. The normalized spacial score (nSPS) is 11.0. The van der Waals surface area contributed by atoms with E-state index in [0.29, 0.717) is 13.0 Å². The molecule has 0 amide bonds. The van der Waals surface area contributed by atoms with Gasteiger partial charge in [0.15, 0.2) is 0 Å². The lowest BCUT2D eigenvalue weighted by molar-refractivity contribution is -0.145. The molecule has 0 unspecified atom stereocenters. The van der Waals surface area contributed by atoms with Crippen molar-refractivity contribution in [3.8, 4) is 0 Å². The van der Waals surface area contributed by atoms with Crippen LogP contribution in [0.1, 0.15) is 62.3 Å². The Balaban J connectivity index is 1.51. The fourth-order valence-electron chi connectivity index (χ4n) is 3.36. The fourth-order valence-corrected chi connectivity index (χ4v) is 3.36. The summed E-state index contributed by atoms with van der Waals surface area (Å²) in [6.45, 7) is 2.51. The minimum absolute atomic E-state index is 0.102. The van der Waals surface area contributed by atoms with Gasteiger partial charge in [-0.05, 0) is 42.2 Å². The van der Waals surface area contributed by atoms with Crippen LogP contribution in [-0.2, 0) is 22.6 Å². The topological polar surface area (TPSA) is 42.1 Å². The second-order valence-corrected chi connectivity index (χ2v) is 7.20. The van der Waals surface area contributed by atoms with Crippen LogP contribution in [0.2, 0.25) is 0 Å². The summed E-state index contributed by atoms with van der Waals surface area (Å²) in [7, 11) is 0. The number of carbonyl (C=O) groups excluding carboxylic acids is 1. The molecule has 3 heteroatoms. The number of carbonyl (C=O) groups is 1. The van der Waals surface area contributed by atoms with Crippen LogP contribution >= 0.6 is 0 Å². The second kappa shape index (κ2) is 9.96. The van der Waals surface area contributed by atoms with E-state index in [-0.39, 0.29) is 5.97 Å². The molecule has 0 bridgehead atoms. The summed E-state index contributed by atoms with van der Waals surface area (Å²) in [4.78, 5) is 15.2. The number of unbranched alkanes of at least 4 members (excludes halogenated alkanes) is 4. The van der Waals surface area contributed by atoms with Crippen LogP contribution in [0.25, 0.3) is 10.9 Å². The Labute approximate surface area is 161 Å². The molecule has 1 heterocycles. The zero-order chi connectivity index (χ0) is 18.9. The Kier molecular flexibility index (Phi) is 7.09. The third kappa shape index (κ3) is 5.99. The molecule has 3 nitrogen and oxygen atoms in total. The number of aromatic nitrogens is 1. The van der Waals surface area contributed by atoms with Crippen molar-refractivity contribution in [3.63, 3.8) is 0 Å². The highest BCUT2D eigenvalue weighted by atomic mass is 16.5. The van der Waals surface area contributed by atoms with Gasteiger partial charge in [0.1, 0.15) is 6.61 Å². The molecule has 3 rings (SSSR count). The van der Waals surface area contributed by atoms with Gasteiger partial charge in [-0.3, -0.25) is 4.79 Å². The van der Waals surface area contributed by atoms with Gasteiger partial charge in [-0.1, -0.05) is 69.0 Å². The van der Waals surface area contributed by atoms with Crippen LogP contribution in [0.3, 0.4) is 0 Å². The summed E-state index contributed by atoms with van der Waals surface area (Å²) in [5.41, 5.74) is 4.61. The van der Waals surface area contributed by atoms with E-state index in [2.05, 4.69) is 60.4 Å². The maximum atomic E-state index is 11.9. The van der Waals surface area contributed by atoms with Gasteiger partial charge in [-0.25, -0.2) is 0 Å². The van der Waals surface area contributed by atoms with Crippen LogP contribution in [-0.4, -0.2) is 11.0 Å². The number of esters is 1. The number of rotatable bonds is 10. The van der Waals surface area contributed by atoms with Crippen molar-refractivity contribution in [2.75, 3.05) is 0 Å². The number of benzene rings is 2. The Morgan fingerprint density at radius 2 is 1.74 bits per heavy atom. The van der Waals surface area contributed by atoms with Crippen LogP contribution in [0.4, 0.5) is 0 Å². The lowest BCUT2D eigenvalue weighted by Crippen LogP contribution is -2.04. The minimum atomic E-state index is -0.102. The summed E-state index contributed by atoms with van der Waals surface area (Å²) in [6, 6.07) is 19.0. The molecule has 0 spiro atoms. The van der Waals surface area contributed by atoms with Crippen LogP contribution < -0.4 is 0 Å². The molecule has 2 aromatic carbocycles. The monoisotopic (exact) mass is 363 g/mol. The number of fused-ring (bicyclic) bond motifs is 1. The molecule has 0 aliphatic rings. The van der Waals surface area contributed by atoms with Crippen molar-refractivity contribution < 1.29 is 9.53 Å². The summed E-state index contributed by atoms with van der Waals surface area (Å²) in [5.74, 6) is -0.102. The number of hydrogen-bond donors (Lipinski definition) is 1. The van der Waals surface area contributed by atoms with E-state index in [4.69, 9.17) is 4.74 Å². The number of aromatic amines is 1. The maximum absolute atomic E-state index is 11.9. The molecule has 1 N–H and O–H groups in total. The number of H-pyrrole nitrogens is 1. The maximum Gasteiger partial charge on any atom is 0.306 e. The SMILES string of the molecule is CCCCCCCC(=O)OCc1cc2cc(Cc3ccccc3)ccc2[nH]1. The van der Waals surface area contributed by atoms with E-state index in [1.807, 2.05) is 6.07 Å². The first-order chi connectivity index (χ1) is 13.2. The predicted molar refractivity (Wildman–Crippen MR) is 111 cm³/mol. The summed E-state index contributed by atoms with van der Waals surface area (Å²) >= 11 is 0. The van der Waals surface area contributed by atoms with Crippen molar-refractivity contribution in [2.45, 2.75) is 58.5 Å². The molecule has 0 atom stereocenters. The number of hydrogen-bond acceptors (Lipinski definition) is 2. The summed E-state index contributed by atoms with van der Waals surface area (Å²) in [6.07, 6.45) is 7.15. The van der Waals surface area contributed by atoms with Crippen LogP contribution in [0.15, 0.2) is 54.6 Å². The van der Waals surface area contributed by atoms with E-state index in [0.717, 1.165) is 35.9 Å². The van der Waals surface area contributed by atoms with Gasteiger partial charge >= 0.3 is 5.97 Å². The lowest BCUT2D eigenvalue weighted by Gasteiger charge is -2.03. The molecule has 0 radical (unpaired) electrons. The molecular formula is C24H29NO2. The molecule has 0 fully saturated rings. The fraction of sp³-hybridized carbons (Fsp3) is 0.375. The van der Waals surface area contributed by atoms with Crippen LogP contribution in [0, 0.1) is 0 Å². The molecular weight excluding hydrogens is 334 g/mol. The first kappa shape index (κ1) is 19.2. The minimum Gasteiger partial charge on any atom is -0.459 e. The quantitative estimate of drug-likeness (QED) is 0.346. The van der Waals surface area contributed by atoms with Gasteiger partial charge in [-0.2, -0.15) is 0 Å². The largest absolute Gasteiger partial charge is 0.459 e. The Morgan fingerprint density at radius 1 is 0.926 bits per heavy atom. The molecule has 27 heavy (non-hydrogen) atoms. The summed E-state index contributed by atoms with van der Waals surface area (Å²) in [5, 5.41) is 1.16. The van der Waals surface area contributed by atoms with E-state index in [1.165, 1.54) is 30.4 Å². The summed E-state index contributed by atoms with van der Waals surface area (Å²) < 4.78 is 5.42. The molecule has 0 saturated heterocycles. The van der Waals surface area contributed by atoms with Gasteiger partial charge in [0.2, 0.25) is 0 Å². The van der Waals surface area contributed by atoms with Gasteiger partial charge in [-0.15, -0.1) is 0 Å². The molecule has 1 aromatic heterocycles. The van der Waals surface area contributed by atoms with Crippen molar-refractivity contribution >= 4 is 16.9 Å². The molecule has 3 aromatic rings. The third-order valence-corrected chi connectivity index (χ3v) is 4.87. The average molecular weight is 364 g/mol. The van der Waals surface area contributed by atoms with E-state index < -0.39 is 0 Å². The van der Waals surface area contributed by atoms with Crippen molar-refractivity contribution in [3.05, 3.63) is 71.4 Å². The molecule has 0 aliphatic carbocycles.